The quantitative estimate of drug-likeness (QED) is 0.151. The van der Waals surface area contributed by atoms with Crippen molar-refractivity contribution in [2.45, 2.75) is 5.41 Å². The van der Waals surface area contributed by atoms with Crippen molar-refractivity contribution in [3.8, 4) is 103 Å². The molecule has 316 valence electrons. The van der Waals surface area contributed by atoms with Crippen molar-refractivity contribution in [1.29, 1.82) is 10.5 Å². The Labute approximate surface area is 396 Å². The average molecular weight is 879 g/mol. The lowest BCUT2D eigenvalue weighted by Gasteiger charge is -2.31. The van der Waals surface area contributed by atoms with E-state index in [9.17, 15) is 10.5 Å². The Bertz CT molecular complexity index is 3520. The number of hydrogen-bond donors (Lipinski definition) is 0. The van der Waals surface area contributed by atoms with E-state index in [1.807, 2.05) is 48.5 Å². The van der Waals surface area contributed by atoms with E-state index in [2.05, 4.69) is 107 Å². The zero-order valence-electron chi connectivity index (χ0n) is 36.3. The Morgan fingerprint density at radius 2 is 0.623 bits per heavy atom. The van der Waals surface area contributed by atoms with Crippen molar-refractivity contribution in [2.24, 2.45) is 0 Å². The van der Waals surface area contributed by atoms with Gasteiger partial charge in [-0.05, 0) is 105 Å². The van der Waals surface area contributed by atoms with Crippen molar-refractivity contribution in [3.63, 3.8) is 0 Å². The topological polar surface area (TPSA) is 134 Å². The van der Waals surface area contributed by atoms with Crippen LogP contribution in [0, 0.1) is 35.8 Å². The molecule has 12 rings (SSSR count). The SMILES string of the molecule is [C-]#[N+]c1ccc(-c2nc(-c3ccc([N+]#[C-])cc3)nc(-c3ccc4c(c3)C3(c5ccccc5-c5ccccc53)c3cc(-c5nc(-c6ccc(C#N)cc6)nc(-c6ccc(C#N)cc6)n5)ccc3-4)n2)cc1. The summed E-state index contributed by atoms with van der Waals surface area (Å²) in [6.45, 7) is 15.0. The molecule has 0 amide bonds. The van der Waals surface area contributed by atoms with Crippen LogP contribution in [-0.2, 0) is 5.41 Å². The van der Waals surface area contributed by atoms with Gasteiger partial charge in [0.2, 0.25) is 0 Å². The fourth-order valence-corrected chi connectivity index (χ4v) is 9.70. The number of nitrogens with zero attached hydrogens (tertiary/aromatic N) is 10. The second kappa shape index (κ2) is 16.0. The average Bonchev–Trinajstić information content (AvgIpc) is 3.89. The highest BCUT2D eigenvalue weighted by Gasteiger charge is 2.52. The van der Waals surface area contributed by atoms with Crippen LogP contribution in [0.2, 0.25) is 0 Å². The second-order valence-corrected chi connectivity index (χ2v) is 16.7. The monoisotopic (exact) mass is 878 g/mol. The van der Waals surface area contributed by atoms with E-state index in [1.54, 1.807) is 48.5 Å². The van der Waals surface area contributed by atoms with Gasteiger partial charge in [-0.15, -0.1) is 0 Å². The standard InChI is InChI=1S/C59H30N10/c1-62-43-25-19-39(20-26-43)55-65-56(40-21-27-44(63-2)28-22-40)69-58(68-55)42-24-30-48-47-29-23-41(31-51(47)59(52(48)32-42)49-9-5-3-7-45(49)46-8-4-6-10-50(46)59)57-66-53(37-15-11-35(33-60)12-16-37)64-54(67-57)38-17-13-36(34-61)14-18-38/h3-32H. The fourth-order valence-electron chi connectivity index (χ4n) is 9.70. The van der Waals surface area contributed by atoms with E-state index in [1.165, 1.54) is 0 Å². The Balaban J connectivity index is 1.07. The summed E-state index contributed by atoms with van der Waals surface area (Å²) in [7, 11) is 0. The van der Waals surface area contributed by atoms with Gasteiger partial charge >= 0.3 is 0 Å². The van der Waals surface area contributed by atoms with Gasteiger partial charge in [0.1, 0.15) is 0 Å². The molecule has 0 N–H and O–H groups in total. The summed E-state index contributed by atoms with van der Waals surface area (Å²) in [4.78, 5) is 37.4. The predicted molar refractivity (Wildman–Crippen MR) is 264 cm³/mol. The van der Waals surface area contributed by atoms with Crippen LogP contribution >= 0.6 is 0 Å². The minimum atomic E-state index is -0.771. The third kappa shape index (κ3) is 6.53. The first kappa shape index (κ1) is 40.3. The molecular weight excluding hydrogens is 849 g/mol. The molecule has 2 heterocycles. The molecule has 0 saturated heterocycles. The number of hydrogen-bond acceptors (Lipinski definition) is 8. The Morgan fingerprint density at radius 1 is 0.333 bits per heavy atom. The maximum Gasteiger partial charge on any atom is 0.187 e. The largest absolute Gasteiger partial charge is 0.238 e. The Hall–Kier alpha value is -10.3. The number of fused-ring (bicyclic) bond motifs is 10. The summed E-state index contributed by atoms with van der Waals surface area (Å²) < 4.78 is 0. The zero-order chi connectivity index (χ0) is 46.6. The van der Waals surface area contributed by atoms with Crippen LogP contribution in [0.4, 0.5) is 11.4 Å². The normalized spacial score (nSPS) is 12.1. The van der Waals surface area contributed by atoms with Gasteiger partial charge in [-0.25, -0.2) is 39.6 Å². The highest BCUT2D eigenvalue weighted by Crippen LogP contribution is 2.63. The van der Waals surface area contributed by atoms with Gasteiger partial charge < -0.3 is 0 Å². The van der Waals surface area contributed by atoms with Gasteiger partial charge in [-0.2, -0.15) is 10.5 Å². The summed E-state index contributed by atoms with van der Waals surface area (Å²) in [5.74, 6) is 2.76. The van der Waals surface area contributed by atoms with Crippen molar-refractivity contribution < 1.29 is 0 Å². The van der Waals surface area contributed by atoms with Gasteiger partial charge in [0, 0.05) is 33.4 Å². The van der Waals surface area contributed by atoms with Crippen LogP contribution in [0.25, 0.3) is 100 Å². The molecule has 69 heavy (non-hydrogen) atoms. The van der Waals surface area contributed by atoms with Gasteiger partial charge in [0.15, 0.2) is 46.3 Å². The smallest absolute Gasteiger partial charge is 0.187 e. The molecule has 0 atom stereocenters. The van der Waals surface area contributed by atoms with Crippen LogP contribution in [-0.4, -0.2) is 29.9 Å². The molecule has 0 fully saturated rings. The molecule has 10 aromatic rings. The molecule has 2 aromatic heterocycles. The zero-order valence-corrected chi connectivity index (χ0v) is 36.3. The van der Waals surface area contributed by atoms with Gasteiger partial charge in [0.25, 0.3) is 0 Å². The van der Waals surface area contributed by atoms with Gasteiger partial charge in [-0.3, -0.25) is 0 Å². The van der Waals surface area contributed by atoms with Crippen LogP contribution < -0.4 is 0 Å². The molecule has 0 aliphatic heterocycles. The van der Waals surface area contributed by atoms with E-state index < -0.39 is 5.41 Å². The van der Waals surface area contributed by atoms with Crippen molar-refractivity contribution >= 4 is 11.4 Å². The summed E-state index contributed by atoms with van der Waals surface area (Å²) in [5, 5.41) is 19.1. The molecule has 10 nitrogen and oxygen atoms in total. The maximum absolute atomic E-state index is 9.55. The fraction of sp³-hybridized carbons (Fsp3) is 0.0169. The number of benzene rings is 8. The van der Waals surface area contributed by atoms with Crippen LogP contribution in [0.15, 0.2) is 182 Å². The summed E-state index contributed by atoms with van der Waals surface area (Å²) in [6, 6.07) is 63.3. The van der Waals surface area contributed by atoms with E-state index in [4.69, 9.17) is 43.0 Å². The molecule has 2 aliphatic rings. The highest BCUT2D eigenvalue weighted by molar-refractivity contribution is 5.96. The summed E-state index contributed by atoms with van der Waals surface area (Å²) in [5.41, 5.74) is 14.7. The first-order valence-electron chi connectivity index (χ1n) is 21.9. The molecule has 8 aromatic carbocycles. The van der Waals surface area contributed by atoms with Gasteiger partial charge in [-0.1, -0.05) is 121 Å². The number of rotatable bonds is 6. The number of aromatic nitrogens is 6. The maximum atomic E-state index is 9.55. The van der Waals surface area contributed by atoms with Crippen molar-refractivity contribution in [1.82, 2.24) is 29.9 Å². The molecule has 10 heteroatoms. The van der Waals surface area contributed by atoms with E-state index in [0.29, 0.717) is 57.4 Å². The number of nitriles is 2. The molecular formula is C59H30N10. The lowest BCUT2D eigenvalue weighted by atomic mass is 9.70. The van der Waals surface area contributed by atoms with Crippen LogP contribution in [0.1, 0.15) is 33.4 Å². The third-order valence-electron chi connectivity index (χ3n) is 12.9. The molecule has 0 bridgehead atoms. The van der Waals surface area contributed by atoms with E-state index >= 15 is 0 Å². The lowest BCUT2D eigenvalue weighted by molar-refractivity contribution is 0.794. The molecule has 1 spiro atoms. The van der Waals surface area contributed by atoms with Crippen molar-refractivity contribution in [3.05, 3.63) is 238 Å². The minimum Gasteiger partial charge on any atom is -0.238 e. The molecule has 2 aliphatic carbocycles. The molecule has 0 radical (unpaired) electrons. The highest BCUT2D eigenvalue weighted by atomic mass is 15.0. The van der Waals surface area contributed by atoms with Crippen LogP contribution in [0.5, 0.6) is 0 Å². The van der Waals surface area contributed by atoms with Crippen LogP contribution in [0.3, 0.4) is 0 Å². The molecule has 0 unspecified atom stereocenters. The predicted octanol–water partition coefficient (Wildman–Crippen LogP) is 13.2. The minimum absolute atomic E-state index is 0.448. The Kier molecular flexibility index (Phi) is 9.34. The van der Waals surface area contributed by atoms with E-state index in [0.717, 1.165) is 77.9 Å². The first-order valence-corrected chi connectivity index (χ1v) is 21.9. The van der Waals surface area contributed by atoms with E-state index in [-0.39, 0.29) is 0 Å². The second-order valence-electron chi connectivity index (χ2n) is 16.7. The summed E-state index contributed by atoms with van der Waals surface area (Å²) in [6.07, 6.45) is 0. The van der Waals surface area contributed by atoms with Crippen molar-refractivity contribution in [2.75, 3.05) is 0 Å². The summed E-state index contributed by atoms with van der Waals surface area (Å²) >= 11 is 0. The Morgan fingerprint density at radius 3 is 0.957 bits per heavy atom. The molecule has 0 saturated carbocycles. The first-order chi connectivity index (χ1) is 33.9. The third-order valence-corrected chi connectivity index (χ3v) is 12.9. The lowest BCUT2D eigenvalue weighted by Crippen LogP contribution is -2.26. The van der Waals surface area contributed by atoms with Gasteiger partial charge in [0.05, 0.1) is 41.8 Å².